The van der Waals surface area contributed by atoms with Gasteiger partial charge in [-0.3, -0.25) is 14.4 Å². The maximum atomic E-state index is 15.8. The lowest BCUT2D eigenvalue weighted by Crippen LogP contribution is -2.58. The van der Waals surface area contributed by atoms with E-state index in [9.17, 15) is 19.5 Å². The number of imidazole rings is 1. The Morgan fingerprint density at radius 2 is 1.57 bits per heavy atom. The molecule has 5 aromatic rings. The van der Waals surface area contributed by atoms with Crippen molar-refractivity contribution in [2.45, 2.75) is 109 Å². The van der Waals surface area contributed by atoms with Crippen LogP contribution in [0, 0.1) is 12.7 Å². The predicted octanol–water partition coefficient (Wildman–Crippen LogP) is 8.24. The average Bonchev–Trinajstić information content (AvgIpc) is 3.78. The molecule has 14 heteroatoms. The molecule has 0 unspecified atom stereocenters. The first-order valence-corrected chi connectivity index (χ1v) is 22.3. The number of halogens is 1. The number of hydrogen-bond donors (Lipinski definition) is 3. The molecular formula is C49H55FN8O5. The third kappa shape index (κ3) is 7.61. The molecule has 13 nitrogen and oxygen atoms in total. The number of likely N-dealkylation sites (tertiary alicyclic amines) is 2. The number of nitrogens with zero attached hydrogens (tertiary/aromatic N) is 6. The molecule has 63 heavy (non-hydrogen) atoms. The molecule has 1 spiro atoms. The second-order valence-corrected chi connectivity index (χ2v) is 18.4. The van der Waals surface area contributed by atoms with E-state index in [0.717, 1.165) is 42.7 Å². The number of hydrogen-bond acceptors (Lipinski definition) is 8. The number of carboxylic acids is 1. The Balaban J connectivity index is 1.07. The molecule has 1 aliphatic carbocycles. The van der Waals surface area contributed by atoms with Gasteiger partial charge in [0.2, 0.25) is 5.91 Å². The molecule has 3 fully saturated rings. The van der Waals surface area contributed by atoms with Gasteiger partial charge in [0.05, 0.1) is 34.2 Å². The number of piperidine rings is 2. The second-order valence-electron chi connectivity index (χ2n) is 18.4. The highest BCUT2D eigenvalue weighted by Gasteiger charge is 2.56. The van der Waals surface area contributed by atoms with Gasteiger partial charge in [-0.2, -0.15) is 0 Å². The quantitative estimate of drug-likeness (QED) is 0.126. The molecule has 3 amide bonds. The monoisotopic (exact) mass is 854 g/mol. The molecule has 3 N–H and O–H groups in total. The summed E-state index contributed by atoms with van der Waals surface area (Å²) in [5, 5.41) is 15.5. The van der Waals surface area contributed by atoms with Gasteiger partial charge in [-0.05, 0) is 146 Å². The normalized spacial score (nSPS) is 19.8. The SMILES string of the molecule is Cc1cc(F)c(Nc2nc(-c3ccc4c(c3)N(C3CC(N5CCCCC5)C3)C(=O)C43CCN(C(=O)c4ccc(C(=O)O)cc4)CC3)cc3ncn(C(C)C)c23)cc1C(=O)NC(C)C. The van der Waals surface area contributed by atoms with Crippen LogP contribution in [0.15, 0.2) is 67.0 Å². The number of anilines is 3. The number of carboxylic acid groups (broad SMARTS) is 1. The highest BCUT2D eigenvalue weighted by atomic mass is 19.1. The van der Waals surface area contributed by atoms with Gasteiger partial charge in [0.25, 0.3) is 11.8 Å². The van der Waals surface area contributed by atoms with E-state index in [4.69, 9.17) is 9.97 Å². The van der Waals surface area contributed by atoms with E-state index >= 15 is 9.18 Å². The Morgan fingerprint density at radius 1 is 0.873 bits per heavy atom. The van der Waals surface area contributed by atoms with Crippen LogP contribution >= 0.6 is 0 Å². The van der Waals surface area contributed by atoms with E-state index in [-0.39, 0.29) is 47.1 Å². The Kier molecular flexibility index (Phi) is 11.1. The van der Waals surface area contributed by atoms with Gasteiger partial charge in [0.1, 0.15) is 11.3 Å². The largest absolute Gasteiger partial charge is 0.478 e. The van der Waals surface area contributed by atoms with Crippen molar-refractivity contribution in [2.24, 2.45) is 0 Å². The maximum absolute atomic E-state index is 15.8. The molecule has 9 rings (SSSR count). The molecule has 2 aromatic heterocycles. The fourth-order valence-electron chi connectivity index (χ4n) is 10.1. The first-order chi connectivity index (χ1) is 30.2. The number of aromatic nitrogens is 3. The molecule has 0 radical (unpaired) electrons. The summed E-state index contributed by atoms with van der Waals surface area (Å²) in [7, 11) is 0. The van der Waals surface area contributed by atoms with Crippen molar-refractivity contribution >= 4 is 51.9 Å². The van der Waals surface area contributed by atoms with Gasteiger partial charge >= 0.3 is 5.97 Å². The van der Waals surface area contributed by atoms with E-state index in [1.54, 1.807) is 30.3 Å². The molecule has 2 saturated heterocycles. The molecule has 1 saturated carbocycles. The van der Waals surface area contributed by atoms with E-state index < -0.39 is 17.2 Å². The lowest BCUT2D eigenvalue weighted by atomic mass is 9.73. The third-order valence-corrected chi connectivity index (χ3v) is 13.7. The Labute approximate surface area is 366 Å². The summed E-state index contributed by atoms with van der Waals surface area (Å²) < 4.78 is 17.8. The van der Waals surface area contributed by atoms with Gasteiger partial charge in [0, 0.05) is 59.6 Å². The number of aromatic carboxylic acids is 1. The number of amides is 3. The zero-order chi connectivity index (χ0) is 44.3. The van der Waals surface area contributed by atoms with Crippen molar-refractivity contribution < 1.29 is 28.7 Å². The first-order valence-electron chi connectivity index (χ1n) is 22.3. The van der Waals surface area contributed by atoms with Gasteiger partial charge < -0.3 is 35.0 Å². The second kappa shape index (κ2) is 16.5. The van der Waals surface area contributed by atoms with E-state index in [2.05, 4.69) is 27.7 Å². The van der Waals surface area contributed by atoms with Crippen LogP contribution < -0.4 is 15.5 Å². The van der Waals surface area contributed by atoms with E-state index in [1.807, 2.05) is 49.3 Å². The number of carbonyl (C=O) groups excluding carboxylic acids is 3. The minimum Gasteiger partial charge on any atom is -0.478 e. The third-order valence-electron chi connectivity index (χ3n) is 13.7. The zero-order valence-electron chi connectivity index (χ0n) is 36.6. The van der Waals surface area contributed by atoms with Crippen molar-refractivity contribution in [2.75, 3.05) is 36.4 Å². The smallest absolute Gasteiger partial charge is 0.335 e. The number of fused-ring (bicyclic) bond motifs is 3. The lowest BCUT2D eigenvalue weighted by molar-refractivity contribution is -0.125. The molecule has 5 heterocycles. The van der Waals surface area contributed by atoms with Crippen LogP contribution in [0.1, 0.15) is 121 Å². The molecule has 3 aromatic carbocycles. The molecule has 0 bridgehead atoms. The average molecular weight is 855 g/mol. The Hall–Kier alpha value is -6.15. The predicted molar refractivity (Wildman–Crippen MR) is 240 cm³/mol. The van der Waals surface area contributed by atoms with Crippen LogP contribution in [0.25, 0.3) is 22.3 Å². The summed E-state index contributed by atoms with van der Waals surface area (Å²) >= 11 is 0. The summed E-state index contributed by atoms with van der Waals surface area (Å²) in [5.41, 5.74) is 5.24. The summed E-state index contributed by atoms with van der Waals surface area (Å²) in [5.74, 6) is -1.59. The molecule has 0 atom stereocenters. The number of aryl methyl sites for hydroxylation is 1. The molecule has 4 aliphatic rings. The highest BCUT2D eigenvalue weighted by Crippen LogP contribution is 2.52. The summed E-state index contributed by atoms with van der Waals surface area (Å²) in [6, 6.07) is 17.3. The highest BCUT2D eigenvalue weighted by molar-refractivity contribution is 6.10. The van der Waals surface area contributed by atoms with Gasteiger partial charge in [0.15, 0.2) is 5.82 Å². The van der Waals surface area contributed by atoms with Crippen molar-refractivity contribution in [3.63, 3.8) is 0 Å². The summed E-state index contributed by atoms with van der Waals surface area (Å²) in [6.07, 6.45) is 8.12. The number of nitrogens with one attached hydrogen (secondary N) is 2. The van der Waals surface area contributed by atoms with E-state index in [0.29, 0.717) is 71.2 Å². The minimum absolute atomic E-state index is 0.0182. The number of carbonyl (C=O) groups is 4. The van der Waals surface area contributed by atoms with Crippen molar-refractivity contribution in [1.82, 2.24) is 29.7 Å². The van der Waals surface area contributed by atoms with Crippen molar-refractivity contribution in [3.8, 4) is 11.3 Å². The minimum atomic E-state index is -1.05. The van der Waals surface area contributed by atoms with Gasteiger partial charge in [-0.1, -0.05) is 18.6 Å². The van der Waals surface area contributed by atoms with Gasteiger partial charge in [-0.15, -0.1) is 0 Å². The van der Waals surface area contributed by atoms with Gasteiger partial charge in [-0.25, -0.2) is 19.2 Å². The van der Waals surface area contributed by atoms with Crippen LogP contribution in [0.5, 0.6) is 0 Å². The lowest BCUT2D eigenvalue weighted by Gasteiger charge is -2.48. The maximum Gasteiger partial charge on any atom is 0.335 e. The topological polar surface area (TPSA) is 153 Å². The van der Waals surface area contributed by atoms with Crippen LogP contribution in [0.3, 0.4) is 0 Å². The first kappa shape index (κ1) is 42.2. The Morgan fingerprint density at radius 3 is 2.24 bits per heavy atom. The fraction of sp³-hybridized carbons (Fsp3) is 0.429. The van der Waals surface area contributed by atoms with Crippen molar-refractivity contribution in [3.05, 3.63) is 101 Å². The molecule has 328 valence electrons. The van der Waals surface area contributed by atoms with Crippen LogP contribution in [-0.2, 0) is 10.2 Å². The molecule has 3 aliphatic heterocycles. The van der Waals surface area contributed by atoms with E-state index in [1.165, 1.54) is 43.5 Å². The summed E-state index contributed by atoms with van der Waals surface area (Å²) in [4.78, 5) is 69.6. The van der Waals surface area contributed by atoms with Crippen molar-refractivity contribution in [1.29, 1.82) is 0 Å². The fourth-order valence-corrected chi connectivity index (χ4v) is 10.1. The number of benzene rings is 3. The summed E-state index contributed by atoms with van der Waals surface area (Å²) in [6.45, 7) is 12.5. The standard InChI is InChI=1S/C49H55FN8O5/c1-28(2)52-45(59)36-25-40(38(50)21-30(36)5)54-44-43-41(51-27-57(43)29(3)4)26-39(53-44)33-13-14-37-42(22-33)58(35-23-34(24-35)55-17-7-6-8-18-55)48(63)49(37)15-19-56(20-16-49)46(60)31-9-11-32(12-10-31)47(61)62/h9-14,21-22,25-29,34-35H,6-8,15-20,23-24H2,1-5H3,(H,52,59)(H,53,54)(H,61,62). The zero-order valence-corrected chi connectivity index (χ0v) is 36.6. The van der Waals surface area contributed by atoms with Crippen LogP contribution in [0.2, 0.25) is 0 Å². The molecular weight excluding hydrogens is 800 g/mol. The Bertz CT molecular complexity index is 2620. The number of pyridine rings is 1. The van der Waals surface area contributed by atoms with Crippen LogP contribution in [0.4, 0.5) is 21.6 Å². The van der Waals surface area contributed by atoms with Crippen LogP contribution in [-0.4, -0.2) is 97.4 Å². The number of rotatable bonds is 10.